The number of hydrogen-bond donors (Lipinski definition) is 1. The SMILES string of the molecule is Cc1cc(C)cc(C(N[S+]([O-])C(C)(C)C)c2c(CP(c3ccccc3)c3ccccc3)n(S(=O)(=O)c3ccccc3)c3ccccc23)c1.[B]. The normalized spacial score (nSPS) is 13.3. The van der Waals surface area contributed by atoms with E-state index in [9.17, 15) is 13.0 Å². The summed E-state index contributed by atoms with van der Waals surface area (Å²) in [5, 5.41) is 3.10. The number of nitrogens with zero attached hydrogens (tertiary/aromatic N) is 1. The van der Waals surface area contributed by atoms with E-state index in [1.807, 2.05) is 87.5 Å². The minimum atomic E-state index is -4.05. The number of aromatic nitrogens is 1. The van der Waals surface area contributed by atoms with Crippen LogP contribution in [0.3, 0.4) is 0 Å². The van der Waals surface area contributed by atoms with E-state index in [0.717, 1.165) is 38.2 Å². The lowest BCUT2D eigenvalue weighted by atomic mass is 9.94. The standard InChI is InChI=1S/C40H41N2O3PS2.B/c1-29-25-30(2)27-31(26-29)39(41-47(43)40(3,4)5)38-35-23-15-16-24-36(35)42(48(44,45)34-21-13-8-14-22-34)37(38)28-46(32-17-9-6-10-18-32)33-19-11-7-12-20-33;/h6-27,39,41H,28H2,1-5H3;. The summed E-state index contributed by atoms with van der Waals surface area (Å²) in [5.74, 6) is 0. The molecule has 6 aromatic rings. The number of hydrogen-bond acceptors (Lipinski definition) is 4. The third-order valence-corrected chi connectivity index (χ3v) is 14.1. The van der Waals surface area contributed by atoms with E-state index >= 15 is 0 Å². The first-order valence-corrected chi connectivity index (χ1v) is 20.1. The van der Waals surface area contributed by atoms with Gasteiger partial charge in [-0.25, -0.2) is 12.4 Å². The van der Waals surface area contributed by atoms with Crippen LogP contribution in [0.5, 0.6) is 0 Å². The lowest BCUT2D eigenvalue weighted by molar-refractivity contribution is 0.535. The number of nitrogens with one attached hydrogen (secondary N) is 1. The zero-order valence-corrected chi connectivity index (χ0v) is 31.0. The molecular formula is C40H41BN2O3PS2. The smallest absolute Gasteiger partial charge is 0.268 e. The highest BCUT2D eigenvalue weighted by Crippen LogP contribution is 2.45. The summed E-state index contributed by atoms with van der Waals surface area (Å²) in [4.78, 5) is 0.219. The predicted octanol–water partition coefficient (Wildman–Crippen LogP) is 7.89. The van der Waals surface area contributed by atoms with E-state index in [2.05, 4.69) is 61.0 Å². The zero-order chi connectivity index (χ0) is 34.1. The fourth-order valence-corrected chi connectivity index (χ4v) is 11.0. The van der Waals surface area contributed by atoms with Crippen molar-refractivity contribution in [2.45, 2.75) is 56.5 Å². The second-order valence-corrected chi connectivity index (χ2v) is 19.1. The van der Waals surface area contributed by atoms with Gasteiger partial charge in [0.2, 0.25) is 0 Å². The molecule has 0 spiro atoms. The van der Waals surface area contributed by atoms with E-state index < -0.39 is 40.1 Å². The monoisotopic (exact) mass is 703 g/mol. The Balaban J connectivity index is 0.00000468. The van der Waals surface area contributed by atoms with Crippen LogP contribution in [0.2, 0.25) is 0 Å². The van der Waals surface area contributed by atoms with Crippen molar-refractivity contribution in [1.29, 1.82) is 0 Å². The van der Waals surface area contributed by atoms with Crippen molar-refractivity contribution in [3.63, 3.8) is 0 Å². The molecule has 0 saturated heterocycles. The quantitative estimate of drug-likeness (QED) is 0.0896. The van der Waals surface area contributed by atoms with Gasteiger partial charge in [-0.1, -0.05) is 126 Å². The number of para-hydroxylation sites is 1. The van der Waals surface area contributed by atoms with Gasteiger partial charge in [0.05, 0.1) is 10.4 Å². The summed E-state index contributed by atoms with van der Waals surface area (Å²) >= 11 is -1.47. The molecule has 0 saturated carbocycles. The molecule has 249 valence electrons. The second-order valence-electron chi connectivity index (χ2n) is 13.1. The molecule has 0 bridgehead atoms. The number of rotatable bonds is 10. The minimum absolute atomic E-state index is 0. The molecular weight excluding hydrogens is 662 g/mol. The van der Waals surface area contributed by atoms with E-state index in [-0.39, 0.29) is 13.3 Å². The molecule has 0 aliphatic heterocycles. The van der Waals surface area contributed by atoms with Gasteiger partial charge in [0.25, 0.3) is 10.0 Å². The maximum absolute atomic E-state index is 14.9. The predicted molar refractivity (Wildman–Crippen MR) is 208 cm³/mol. The molecule has 0 aliphatic rings. The molecule has 0 amide bonds. The summed E-state index contributed by atoms with van der Waals surface area (Å²) in [5.41, 5.74) is 5.21. The average Bonchev–Trinajstić information content (AvgIpc) is 3.40. The first kappa shape index (κ1) is 36.6. The van der Waals surface area contributed by atoms with Crippen LogP contribution in [0.25, 0.3) is 10.9 Å². The van der Waals surface area contributed by atoms with E-state index in [0.29, 0.717) is 17.4 Å². The van der Waals surface area contributed by atoms with Gasteiger partial charge in [-0.05, 0) is 76.9 Å². The van der Waals surface area contributed by atoms with Crippen LogP contribution in [0, 0.1) is 13.8 Å². The Kier molecular flexibility index (Phi) is 11.3. The Labute approximate surface area is 297 Å². The van der Waals surface area contributed by atoms with Crippen molar-refractivity contribution >= 4 is 59.2 Å². The number of benzene rings is 5. The topological polar surface area (TPSA) is 74.2 Å². The molecule has 2 atom stereocenters. The molecule has 9 heteroatoms. The first-order chi connectivity index (χ1) is 22.9. The third-order valence-electron chi connectivity index (χ3n) is 8.34. The lowest BCUT2D eigenvalue weighted by Gasteiger charge is -2.30. The summed E-state index contributed by atoms with van der Waals surface area (Å²) in [6.07, 6.45) is 0.449. The molecule has 3 radical (unpaired) electrons. The van der Waals surface area contributed by atoms with Gasteiger partial charge in [-0.3, -0.25) is 0 Å². The Morgan fingerprint density at radius 1 is 0.755 bits per heavy atom. The highest BCUT2D eigenvalue weighted by Gasteiger charge is 2.37. The molecule has 5 nitrogen and oxygen atoms in total. The van der Waals surface area contributed by atoms with Crippen LogP contribution in [0.15, 0.2) is 138 Å². The Hall–Kier alpha value is -3.65. The maximum atomic E-state index is 14.9. The van der Waals surface area contributed by atoms with Gasteiger partial charge in [0.1, 0.15) is 10.8 Å². The summed E-state index contributed by atoms with van der Waals surface area (Å²) in [6, 6.07) is 42.8. The van der Waals surface area contributed by atoms with Crippen molar-refractivity contribution < 1.29 is 13.0 Å². The van der Waals surface area contributed by atoms with Crippen LogP contribution in [0.1, 0.15) is 54.8 Å². The van der Waals surface area contributed by atoms with E-state index in [4.69, 9.17) is 0 Å². The van der Waals surface area contributed by atoms with Gasteiger partial charge >= 0.3 is 0 Å². The Bertz CT molecular complexity index is 2080. The van der Waals surface area contributed by atoms with Crippen LogP contribution in [-0.2, 0) is 27.5 Å². The third kappa shape index (κ3) is 7.75. The maximum Gasteiger partial charge on any atom is 0.268 e. The molecule has 2 unspecified atom stereocenters. The number of aryl methyl sites for hydroxylation is 2. The molecule has 5 aromatic carbocycles. The fourth-order valence-electron chi connectivity index (χ4n) is 6.18. The zero-order valence-electron chi connectivity index (χ0n) is 28.5. The van der Waals surface area contributed by atoms with Crippen molar-refractivity contribution in [2.24, 2.45) is 0 Å². The summed E-state index contributed by atoms with van der Waals surface area (Å²) < 4.78 is 48.3. The van der Waals surface area contributed by atoms with E-state index in [1.54, 1.807) is 28.2 Å². The Morgan fingerprint density at radius 3 is 1.78 bits per heavy atom. The summed E-state index contributed by atoms with van der Waals surface area (Å²) in [6.45, 7) is 9.96. The second kappa shape index (κ2) is 15.1. The minimum Gasteiger partial charge on any atom is -0.598 e. The van der Waals surface area contributed by atoms with Crippen LogP contribution in [0.4, 0.5) is 0 Å². The molecule has 49 heavy (non-hydrogen) atoms. The molecule has 0 fully saturated rings. The Morgan fingerprint density at radius 2 is 1.24 bits per heavy atom. The average molecular weight is 704 g/mol. The molecule has 1 heterocycles. The highest BCUT2D eigenvalue weighted by molar-refractivity contribution is 7.91. The number of fused-ring (bicyclic) bond motifs is 1. The van der Waals surface area contributed by atoms with Gasteiger partial charge < -0.3 is 4.55 Å². The molecule has 0 aliphatic carbocycles. The van der Waals surface area contributed by atoms with E-state index in [1.165, 1.54) is 0 Å². The first-order valence-electron chi connectivity index (χ1n) is 16.0. The molecule has 6 rings (SSSR count). The van der Waals surface area contributed by atoms with Gasteiger partial charge in [-0.15, -0.1) is 4.72 Å². The van der Waals surface area contributed by atoms with Crippen molar-refractivity contribution in [2.75, 3.05) is 0 Å². The lowest BCUT2D eigenvalue weighted by Crippen LogP contribution is -2.42. The van der Waals surface area contributed by atoms with Gasteiger partial charge in [-0.2, -0.15) is 0 Å². The molecule has 1 aromatic heterocycles. The van der Waals surface area contributed by atoms with Gasteiger partial charge in [0.15, 0.2) is 0 Å². The van der Waals surface area contributed by atoms with Crippen LogP contribution in [-0.4, -0.2) is 30.1 Å². The van der Waals surface area contributed by atoms with Crippen molar-refractivity contribution in [1.82, 2.24) is 8.69 Å². The van der Waals surface area contributed by atoms with Crippen LogP contribution < -0.4 is 15.3 Å². The largest absolute Gasteiger partial charge is 0.598 e. The highest BCUT2D eigenvalue weighted by atomic mass is 32.2. The van der Waals surface area contributed by atoms with Crippen molar-refractivity contribution in [3.8, 4) is 0 Å². The summed E-state index contributed by atoms with van der Waals surface area (Å²) in [7, 11) is -5.10. The molecule has 1 N–H and O–H groups in total. The van der Waals surface area contributed by atoms with Crippen molar-refractivity contribution in [3.05, 3.63) is 161 Å². The van der Waals surface area contributed by atoms with Gasteiger partial charge in [0, 0.05) is 42.6 Å². The van der Waals surface area contributed by atoms with Crippen LogP contribution >= 0.6 is 7.92 Å². The fraction of sp³-hybridized carbons (Fsp3) is 0.200.